The molecule has 0 bridgehead atoms. The lowest BCUT2D eigenvalue weighted by Gasteiger charge is -2.29. The number of nitrogens with one attached hydrogen (secondary N) is 2. The molecule has 0 aliphatic rings. The highest BCUT2D eigenvalue weighted by Crippen LogP contribution is 2.13. The van der Waals surface area contributed by atoms with Crippen LogP contribution in [0.2, 0.25) is 0 Å². The highest BCUT2D eigenvalue weighted by Gasteiger charge is 2.33. The maximum Gasteiger partial charge on any atom is 0.237 e. The highest BCUT2D eigenvalue weighted by atomic mass is 16.2. The summed E-state index contributed by atoms with van der Waals surface area (Å²) in [5, 5.41) is 6.06. The Balaban J connectivity index is 4.74. The highest BCUT2D eigenvalue weighted by molar-refractivity contribution is 5.94. The molecule has 0 aliphatic carbocycles. The second-order valence-electron chi connectivity index (χ2n) is 6.37. The van der Waals surface area contributed by atoms with Gasteiger partial charge in [-0.2, -0.15) is 0 Å². The Labute approximate surface area is 117 Å². The van der Waals surface area contributed by atoms with Gasteiger partial charge < -0.3 is 10.6 Å². The van der Waals surface area contributed by atoms with Crippen LogP contribution in [-0.4, -0.2) is 29.8 Å². The van der Waals surface area contributed by atoms with Gasteiger partial charge in [0.05, 0.1) is 11.6 Å². The first kappa shape index (κ1) is 18.1. The van der Waals surface area contributed by atoms with Crippen molar-refractivity contribution in [1.82, 2.24) is 10.6 Å². The molecular weight excluding hydrogens is 240 g/mol. The van der Waals surface area contributed by atoms with E-state index >= 15 is 0 Å². The van der Waals surface area contributed by atoms with E-state index in [4.69, 9.17) is 0 Å². The molecule has 112 valence electrons. The molecular formula is C15H30N2O2. The minimum Gasteiger partial charge on any atom is -0.343 e. The van der Waals surface area contributed by atoms with Gasteiger partial charge in [0.2, 0.25) is 5.91 Å². The predicted octanol–water partition coefficient (Wildman–Crippen LogP) is 2.13. The van der Waals surface area contributed by atoms with Crippen molar-refractivity contribution in [3.05, 3.63) is 0 Å². The van der Waals surface area contributed by atoms with Gasteiger partial charge in [-0.3, -0.25) is 9.59 Å². The third kappa shape index (κ3) is 6.19. The van der Waals surface area contributed by atoms with Gasteiger partial charge in [0.15, 0.2) is 5.78 Å². The van der Waals surface area contributed by atoms with Crippen LogP contribution in [0.3, 0.4) is 0 Å². The molecule has 0 fully saturated rings. The van der Waals surface area contributed by atoms with E-state index in [9.17, 15) is 9.59 Å². The number of amides is 1. The maximum atomic E-state index is 12.3. The summed E-state index contributed by atoms with van der Waals surface area (Å²) < 4.78 is 0. The summed E-state index contributed by atoms with van der Waals surface area (Å²) in [6, 6.07) is -0.232. The third-order valence-corrected chi connectivity index (χ3v) is 3.05. The Bertz CT molecular complexity index is 309. The molecule has 0 saturated heterocycles. The molecule has 19 heavy (non-hydrogen) atoms. The second-order valence-corrected chi connectivity index (χ2v) is 6.37. The first-order valence-corrected chi connectivity index (χ1v) is 7.21. The Morgan fingerprint density at radius 2 is 1.63 bits per heavy atom. The number of ketones is 1. The minimum atomic E-state index is -0.810. The predicted molar refractivity (Wildman–Crippen MR) is 79.0 cm³/mol. The van der Waals surface area contributed by atoms with Gasteiger partial charge in [-0.1, -0.05) is 34.6 Å². The van der Waals surface area contributed by atoms with E-state index < -0.39 is 5.54 Å². The van der Waals surface area contributed by atoms with Crippen LogP contribution in [0, 0.1) is 11.8 Å². The van der Waals surface area contributed by atoms with Crippen molar-refractivity contribution >= 4 is 11.7 Å². The van der Waals surface area contributed by atoms with Crippen LogP contribution in [0.4, 0.5) is 0 Å². The number of Topliss-reactive ketones (excluding diaryl/α,β-unsaturated/α-hetero) is 1. The summed E-state index contributed by atoms with van der Waals surface area (Å²) >= 11 is 0. The number of carbonyl (C=O) groups is 2. The van der Waals surface area contributed by atoms with Gasteiger partial charge in [0, 0.05) is 5.92 Å². The third-order valence-electron chi connectivity index (χ3n) is 3.05. The van der Waals surface area contributed by atoms with Gasteiger partial charge >= 0.3 is 0 Å². The summed E-state index contributed by atoms with van der Waals surface area (Å²) in [6.45, 7) is 14.1. The summed E-state index contributed by atoms with van der Waals surface area (Å²) in [5.41, 5.74) is -0.810. The second kappa shape index (κ2) is 7.63. The molecule has 0 radical (unpaired) electrons. The van der Waals surface area contributed by atoms with Gasteiger partial charge in [0.1, 0.15) is 0 Å². The molecule has 4 nitrogen and oxygen atoms in total. The van der Waals surface area contributed by atoms with Gasteiger partial charge in [-0.25, -0.2) is 0 Å². The molecule has 1 atom stereocenters. The monoisotopic (exact) mass is 270 g/mol. The van der Waals surface area contributed by atoms with Gasteiger partial charge in [-0.05, 0) is 32.7 Å². The molecule has 0 saturated carbocycles. The van der Waals surface area contributed by atoms with Crippen molar-refractivity contribution < 1.29 is 9.59 Å². The van der Waals surface area contributed by atoms with Crippen molar-refractivity contribution in [2.75, 3.05) is 6.54 Å². The summed E-state index contributed by atoms with van der Waals surface area (Å²) in [6.07, 6.45) is 0.769. The average molecular weight is 270 g/mol. The maximum absolute atomic E-state index is 12.3. The SMILES string of the molecule is CCNC(CC(C)C)C(=O)NC(C)(C)C(=O)C(C)C. The van der Waals surface area contributed by atoms with Crippen molar-refractivity contribution in [1.29, 1.82) is 0 Å². The van der Waals surface area contributed by atoms with Crippen molar-refractivity contribution in [3.63, 3.8) is 0 Å². The molecule has 0 heterocycles. The number of rotatable bonds is 8. The summed E-state index contributed by atoms with van der Waals surface area (Å²) in [7, 11) is 0. The van der Waals surface area contributed by atoms with E-state index in [0.717, 1.165) is 13.0 Å². The molecule has 0 aromatic heterocycles. The zero-order valence-electron chi connectivity index (χ0n) is 13.5. The van der Waals surface area contributed by atoms with E-state index in [1.165, 1.54) is 0 Å². The Morgan fingerprint density at radius 1 is 1.11 bits per heavy atom. The molecule has 0 aromatic rings. The van der Waals surface area contributed by atoms with E-state index in [1.807, 2.05) is 20.8 Å². The normalized spacial score (nSPS) is 13.7. The van der Waals surface area contributed by atoms with Crippen molar-refractivity contribution in [2.45, 2.75) is 66.5 Å². The lowest BCUT2D eigenvalue weighted by Crippen LogP contribution is -2.56. The molecule has 0 aliphatic heterocycles. The fourth-order valence-corrected chi connectivity index (χ4v) is 2.18. The minimum absolute atomic E-state index is 0.0562. The van der Waals surface area contributed by atoms with Crippen LogP contribution in [0.15, 0.2) is 0 Å². The zero-order valence-corrected chi connectivity index (χ0v) is 13.5. The molecule has 0 rings (SSSR count). The first-order valence-electron chi connectivity index (χ1n) is 7.21. The standard InChI is InChI=1S/C15H30N2O2/c1-8-16-12(9-10(2)3)14(19)17-15(6,7)13(18)11(4)5/h10-12,16H,8-9H2,1-7H3,(H,17,19). The average Bonchev–Trinajstić information content (AvgIpc) is 2.26. The molecule has 2 N–H and O–H groups in total. The Morgan fingerprint density at radius 3 is 2.00 bits per heavy atom. The van der Waals surface area contributed by atoms with Crippen LogP contribution in [-0.2, 0) is 9.59 Å². The molecule has 4 heteroatoms. The van der Waals surface area contributed by atoms with E-state index in [2.05, 4.69) is 24.5 Å². The van der Waals surface area contributed by atoms with Gasteiger partial charge in [0.25, 0.3) is 0 Å². The molecule has 1 amide bonds. The summed E-state index contributed by atoms with van der Waals surface area (Å²) in [4.78, 5) is 24.4. The van der Waals surface area contributed by atoms with Crippen LogP contribution in [0.5, 0.6) is 0 Å². The van der Waals surface area contributed by atoms with Crippen LogP contribution in [0.1, 0.15) is 54.9 Å². The van der Waals surface area contributed by atoms with E-state index in [0.29, 0.717) is 5.92 Å². The number of hydrogen-bond acceptors (Lipinski definition) is 3. The topological polar surface area (TPSA) is 58.2 Å². The zero-order chi connectivity index (χ0) is 15.2. The number of carbonyl (C=O) groups excluding carboxylic acids is 2. The van der Waals surface area contributed by atoms with E-state index in [-0.39, 0.29) is 23.7 Å². The lowest BCUT2D eigenvalue weighted by atomic mass is 9.90. The van der Waals surface area contributed by atoms with Crippen molar-refractivity contribution in [3.8, 4) is 0 Å². The van der Waals surface area contributed by atoms with E-state index in [1.54, 1.807) is 13.8 Å². The Kier molecular flexibility index (Phi) is 7.27. The smallest absolute Gasteiger partial charge is 0.237 e. The van der Waals surface area contributed by atoms with Crippen LogP contribution >= 0.6 is 0 Å². The van der Waals surface area contributed by atoms with Crippen LogP contribution in [0.25, 0.3) is 0 Å². The molecule has 0 aromatic carbocycles. The quantitative estimate of drug-likeness (QED) is 0.710. The first-order chi connectivity index (χ1) is 8.61. The fourth-order valence-electron chi connectivity index (χ4n) is 2.18. The largest absolute Gasteiger partial charge is 0.343 e. The fraction of sp³-hybridized carbons (Fsp3) is 0.867. The molecule has 1 unspecified atom stereocenters. The molecule has 0 spiro atoms. The summed E-state index contributed by atoms with van der Waals surface area (Å²) in [5.74, 6) is 0.312. The Hall–Kier alpha value is -0.900. The van der Waals surface area contributed by atoms with Crippen molar-refractivity contribution in [2.24, 2.45) is 11.8 Å². The lowest BCUT2D eigenvalue weighted by molar-refractivity contribution is -0.133. The van der Waals surface area contributed by atoms with Gasteiger partial charge in [-0.15, -0.1) is 0 Å². The van der Waals surface area contributed by atoms with Crippen LogP contribution < -0.4 is 10.6 Å². The number of hydrogen-bond donors (Lipinski definition) is 2. The number of likely N-dealkylation sites (N-methyl/N-ethyl adjacent to an activating group) is 1.